The lowest BCUT2D eigenvalue weighted by atomic mass is 9.43. The van der Waals surface area contributed by atoms with Gasteiger partial charge in [0.15, 0.2) is 5.60 Å². The topological polar surface area (TPSA) is 71.1 Å². The molecule has 0 bridgehead atoms. The molecule has 2 heterocycles. The van der Waals surface area contributed by atoms with Crippen LogP contribution in [0.25, 0.3) is 0 Å². The van der Waals surface area contributed by atoms with Crippen LogP contribution in [-0.2, 0) is 28.5 Å². The monoisotopic (exact) mass is 408 g/mol. The van der Waals surface area contributed by atoms with Crippen molar-refractivity contribution in [3.8, 4) is 0 Å². The fraction of sp³-hybridized carbons (Fsp3) is 0.913. The van der Waals surface area contributed by atoms with Crippen LogP contribution in [0.3, 0.4) is 0 Å². The molecular formula is C23H36O6. The summed E-state index contributed by atoms with van der Waals surface area (Å²) in [5.74, 6) is -0.135. The van der Waals surface area contributed by atoms with E-state index in [1.54, 1.807) is 7.11 Å². The third-order valence-corrected chi connectivity index (χ3v) is 8.73. The Hall–Kier alpha value is -1.14. The largest absolute Gasteiger partial charge is 0.462 e. The van der Waals surface area contributed by atoms with Crippen molar-refractivity contribution in [1.82, 2.24) is 0 Å². The SMILES string of the molecule is COC1C[C@]2(CC[C@]3(O2)[C@@H](C)C[C@H](OC(C)=O)[C@@H]2C(C)(C)CCC[C@]23C)C(=O)O1. The molecule has 4 fully saturated rings. The van der Waals surface area contributed by atoms with E-state index in [1.807, 2.05) is 0 Å². The molecule has 0 N–H and O–H groups in total. The van der Waals surface area contributed by atoms with Gasteiger partial charge in [-0.1, -0.05) is 34.1 Å². The molecule has 4 aliphatic rings. The Morgan fingerprint density at radius 3 is 2.48 bits per heavy atom. The molecule has 6 heteroatoms. The van der Waals surface area contributed by atoms with Crippen LogP contribution in [0.5, 0.6) is 0 Å². The van der Waals surface area contributed by atoms with Gasteiger partial charge in [-0.05, 0) is 43.4 Å². The number of cyclic esters (lactones) is 1. The van der Waals surface area contributed by atoms with Gasteiger partial charge in [-0.3, -0.25) is 4.79 Å². The highest BCUT2D eigenvalue weighted by atomic mass is 16.7. The van der Waals surface area contributed by atoms with E-state index in [2.05, 4.69) is 27.7 Å². The summed E-state index contributed by atoms with van der Waals surface area (Å²) >= 11 is 0. The van der Waals surface area contributed by atoms with Crippen molar-refractivity contribution in [2.75, 3.05) is 7.11 Å². The molecule has 2 aliphatic heterocycles. The number of carbonyl (C=O) groups excluding carboxylic acids is 2. The zero-order valence-electron chi connectivity index (χ0n) is 18.7. The second-order valence-corrected chi connectivity index (χ2v) is 10.8. The lowest BCUT2D eigenvalue weighted by Gasteiger charge is -2.65. The van der Waals surface area contributed by atoms with Gasteiger partial charge in [0.05, 0.1) is 12.0 Å². The Labute approximate surface area is 174 Å². The van der Waals surface area contributed by atoms with E-state index in [0.29, 0.717) is 12.8 Å². The third kappa shape index (κ3) is 2.88. The Morgan fingerprint density at radius 1 is 1.14 bits per heavy atom. The van der Waals surface area contributed by atoms with Gasteiger partial charge in [0, 0.05) is 25.4 Å². The van der Waals surface area contributed by atoms with Crippen LogP contribution in [0, 0.1) is 22.7 Å². The minimum Gasteiger partial charge on any atom is -0.462 e. The van der Waals surface area contributed by atoms with Gasteiger partial charge in [0.25, 0.3) is 0 Å². The molecule has 0 aromatic carbocycles. The van der Waals surface area contributed by atoms with E-state index in [-0.39, 0.29) is 40.7 Å². The van der Waals surface area contributed by atoms with Crippen LogP contribution in [0.2, 0.25) is 0 Å². The molecular weight excluding hydrogens is 372 g/mol. The standard InChI is InChI=1S/C23H36O6/c1-14-12-16(27-15(2)24)18-20(3,4)8-7-9-21(18,5)23(14)11-10-22(29-23)13-17(26-6)28-19(22)25/h14,16-18H,7-13H2,1-6H3/t14-,16-,17?,18+,21+,22+,23-/m0/s1. The minimum absolute atomic E-state index is 0.0324. The predicted octanol–water partition coefficient (Wildman–Crippen LogP) is 4.00. The highest BCUT2D eigenvalue weighted by molar-refractivity contribution is 5.82. The maximum atomic E-state index is 12.8. The normalized spacial score (nSPS) is 48.6. The predicted molar refractivity (Wildman–Crippen MR) is 106 cm³/mol. The van der Waals surface area contributed by atoms with Gasteiger partial charge in [0.1, 0.15) is 6.10 Å². The molecule has 6 nitrogen and oxygen atoms in total. The lowest BCUT2D eigenvalue weighted by molar-refractivity contribution is -0.270. The molecule has 0 aromatic rings. The summed E-state index contributed by atoms with van der Waals surface area (Å²) in [5.41, 5.74) is -1.47. The third-order valence-electron chi connectivity index (χ3n) is 8.73. The summed E-state index contributed by atoms with van der Waals surface area (Å²) < 4.78 is 23.6. The number of fused-ring (bicyclic) bond motifs is 2. The first-order valence-electron chi connectivity index (χ1n) is 11.1. The highest BCUT2D eigenvalue weighted by Crippen LogP contribution is 2.68. The number of hydrogen-bond donors (Lipinski definition) is 0. The molecule has 2 aliphatic carbocycles. The zero-order chi connectivity index (χ0) is 21.2. The smallest absolute Gasteiger partial charge is 0.340 e. The zero-order valence-corrected chi connectivity index (χ0v) is 18.7. The molecule has 7 atom stereocenters. The molecule has 29 heavy (non-hydrogen) atoms. The van der Waals surface area contributed by atoms with Crippen LogP contribution < -0.4 is 0 Å². The average molecular weight is 409 g/mol. The summed E-state index contributed by atoms with van der Waals surface area (Å²) in [6, 6.07) is 0. The van der Waals surface area contributed by atoms with E-state index in [4.69, 9.17) is 18.9 Å². The Kier molecular flexibility index (Phi) is 4.86. The highest BCUT2D eigenvalue weighted by Gasteiger charge is 2.72. The molecule has 2 saturated heterocycles. The Balaban J connectivity index is 1.75. The molecule has 0 radical (unpaired) electrons. The van der Waals surface area contributed by atoms with E-state index in [0.717, 1.165) is 32.1 Å². The minimum atomic E-state index is -0.904. The summed E-state index contributed by atoms with van der Waals surface area (Å²) in [4.78, 5) is 24.7. The maximum Gasteiger partial charge on any atom is 0.340 e. The van der Waals surface area contributed by atoms with Gasteiger partial charge in [-0.25, -0.2) is 4.79 Å². The van der Waals surface area contributed by atoms with Crippen molar-refractivity contribution in [3.63, 3.8) is 0 Å². The first kappa shape index (κ1) is 21.1. The van der Waals surface area contributed by atoms with Crippen LogP contribution in [0.15, 0.2) is 0 Å². The first-order chi connectivity index (χ1) is 13.5. The van der Waals surface area contributed by atoms with Crippen molar-refractivity contribution in [1.29, 1.82) is 0 Å². The Morgan fingerprint density at radius 2 is 1.86 bits per heavy atom. The number of methoxy groups -OCH3 is 1. The average Bonchev–Trinajstić information content (AvgIpc) is 3.15. The van der Waals surface area contributed by atoms with Gasteiger partial charge < -0.3 is 18.9 Å². The molecule has 0 amide bonds. The molecule has 0 aromatic heterocycles. The molecule has 4 rings (SSSR count). The number of esters is 2. The number of ether oxygens (including phenoxy) is 4. The summed E-state index contributed by atoms with van der Waals surface area (Å²) in [5, 5.41) is 0. The van der Waals surface area contributed by atoms with Crippen LogP contribution >= 0.6 is 0 Å². The number of rotatable bonds is 2. The summed E-state index contributed by atoms with van der Waals surface area (Å²) in [6.45, 7) is 10.6. The molecule has 1 unspecified atom stereocenters. The van der Waals surface area contributed by atoms with Crippen molar-refractivity contribution in [3.05, 3.63) is 0 Å². The lowest BCUT2D eigenvalue weighted by Crippen LogP contribution is -2.67. The van der Waals surface area contributed by atoms with E-state index in [1.165, 1.54) is 6.92 Å². The van der Waals surface area contributed by atoms with Crippen molar-refractivity contribution < 1.29 is 28.5 Å². The van der Waals surface area contributed by atoms with E-state index < -0.39 is 17.5 Å². The fourth-order valence-electron chi connectivity index (χ4n) is 7.67. The van der Waals surface area contributed by atoms with Gasteiger partial charge in [-0.15, -0.1) is 0 Å². The van der Waals surface area contributed by atoms with Crippen LogP contribution in [0.4, 0.5) is 0 Å². The van der Waals surface area contributed by atoms with Crippen LogP contribution in [0.1, 0.15) is 79.6 Å². The van der Waals surface area contributed by atoms with Gasteiger partial charge >= 0.3 is 11.9 Å². The summed E-state index contributed by atoms with van der Waals surface area (Å²) in [7, 11) is 1.57. The second-order valence-electron chi connectivity index (χ2n) is 10.8. The fourth-order valence-corrected chi connectivity index (χ4v) is 7.67. The van der Waals surface area contributed by atoms with E-state index >= 15 is 0 Å². The van der Waals surface area contributed by atoms with Crippen LogP contribution in [-0.4, -0.2) is 42.6 Å². The van der Waals surface area contributed by atoms with Crippen molar-refractivity contribution in [2.45, 2.75) is 103 Å². The number of carbonyl (C=O) groups is 2. The number of hydrogen-bond acceptors (Lipinski definition) is 6. The Bertz CT molecular complexity index is 703. The van der Waals surface area contributed by atoms with Gasteiger partial charge in [0.2, 0.25) is 6.29 Å². The molecule has 164 valence electrons. The maximum absolute atomic E-state index is 12.8. The quantitative estimate of drug-likeness (QED) is 0.643. The summed E-state index contributed by atoms with van der Waals surface area (Å²) in [6.07, 6.45) is 5.30. The molecule has 2 saturated carbocycles. The van der Waals surface area contributed by atoms with Crippen molar-refractivity contribution in [2.24, 2.45) is 22.7 Å². The van der Waals surface area contributed by atoms with E-state index in [9.17, 15) is 9.59 Å². The second kappa shape index (κ2) is 6.68. The van der Waals surface area contributed by atoms with Crippen molar-refractivity contribution >= 4 is 11.9 Å². The molecule has 2 spiro atoms. The van der Waals surface area contributed by atoms with Gasteiger partial charge in [-0.2, -0.15) is 0 Å². The first-order valence-corrected chi connectivity index (χ1v) is 11.1.